The summed E-state index contributed by atoms with van der Waals surface area (Å²) in [6.07, 6.45) is 2.93. The first kappa shape index (κ1) is 19.2. The summed E-state index contributed by atoms with van der Waals surface area (Å²) < 4.78 is 0. The van der Waals surface area contributed by atoms with Crippen molar-refractivity contribution in [3.63, 3.8) is 0 Å². The van der Waals surface area contributed by atoms with Crippen LogP contribution >= 0.6 is 0 Å². The van der Waals surface area contributed by atoms with E-state index in [4.69, 9.17) is 0 Å². The fraction of sp³-hybridized carbons (Fsp3) is 0.636. The standard InChI is InChI=1S/C22H32N4O2/c1-15-10-16(2)12-18(11-15)13-24-7-4-19(5-8-24)26-21-6-9-25(17(3)27)14-20(21)23-22(26)28/h10-12,19-21H,4-9,13-14H2,1-3H3,(H,23,28). The van der Waals surface area contributed by atoms with E-state index < -0.39 is 0 Å². The van der Waals surface area contributed by atoms with E-state index in [-0.39, 0.29) is 24.0 Å². The molecule has 3 aliphatic rings. The number of carbonyl (C=O) groups is 2. The number of nitrogens with one attached hydrogen (secondary N) is 1. The number of piperidine rings is 2. The number of nitrogens with zero attached hydrogens (tertiary/aromatic N) is 3. The lowest BCUT2D eigenvalue weighted by Gasteiger charge is -2.42. The Morgan fingerprint density at radius 1 is 1.07 bits per heavy atom. The molecule has 6 nitrogen and oxygen atoms in total. The second-order valence-electron chi connectivity index (χ2n) is 8.79. The number of carbonyl (C=O) groups excluding carboxylic acids is 2. The molecule has 1 N–H and O–H groups in total. The van der Waals surface area contributed by atoms with Crippen LogP contribution in [0.3, 0.4) is 0 Å². The Labute approximate surface area is 167 Å². The zero-order valence-electron chi connectivity index (χ0n) is 17.3. The summed E-state index contributed by atoms with van der Waals surface area (Å²) in [7, 11) is 0. The van der Waals surface area contributed by atoms with Crippen LogP contribution < -0.4 is 5.32 Å². The predicted molar refractivity (Wildman–Crippen MR) is 109 cm³/mol. The van der Waals surface area contributed by atoms with Crippen LogP contribution in [0.1, 0.15) is 42.9 Å². The molecule has 1 aromatic rings. The molecule has 3 amide bonds. The molecule has 0 aliphatic carbocycles. The molecule has 3 heterocycles. The monoisotopic (exact) mass is 384 g/mol. The number of fused-ring (bicyclic) bond motifs is 1. The van der Waals surface area contributed by atoms with E-state index in [1.165, 1.54) is 16.7 Å². The van der Waals surface area contributed by atoms with Gasteiger partial charge in [0.25, 0.3) is 0 Å². The third kappa shape index (κ3) is 3.88. The molecule has 3 fully saturated rings. The van der Waals surface area contributed by atoms with Crippen molar-refractivity contribution in [2.24, 2.45) is 0 Å². The Morgan fingerprint density at radius 3 is 2.39 bits per heavy atom. The largest absolute Gasteiger partial charge is 0.341 e. The molecule has 0 spiro atoms. The molecule has 3 aliphatic heterocycles. The molecular formula is C22H32N4O2. The number of benzene rings is 1. The topological polar surface area (TPSA) is 55.9 Å². The van der Waals surface area contributed by atoms with Crippen LogP contribution in [0.5, 0.6) is 0 Å². The van der Waals surface area contributed by atoms with Crippen molar-refractivity contribution in [2.45, 2.75) is 64.7 Å². The smallest absolute Gasteiger partial charge is 0.318 e. The predicted octanol–water partition coefficient (Wildman–Crippen LogP) is 2.28. The van der Waals surface area contributed by atoms with Gasteiger partial charge in [0.15, 0.2) is 0 Å². The fourth-order valence-corrected chi connectivity index (χ4v) is 5.29. The van der Waals surface area contributed by atoms with Crippen LogP contribution in [0.4, 0.5) is 4.79 Å². The van der Waals surface area contributed by atoms with Crippen molar-refractivity contribution in [1.82, 2.24) is 20.0 Å². The SMILES string of the molecule is CC(=O)N1CCC2C(C1)NC(=O)N2C1CCN(Cc2cc(C)cc(C)c2)CC1. The Hall–Kier alpha value is -2.08. The van der Waals surface area contributed by atoms with Crippen molar-refractivity contribution in [1.29, 1.82) is 0 Å². The van der Waals surface area contributed by atoms with Crippen LogP contribution in [-0.4, -0.2) is 70.9 Å². The molecule has 3 saturated heterocycles. The highest BCUT2D eigenvalue weighted by molar-refractivity contribution is 5.79. The van der Waals surface area contributed by atoms with Gasteiger partial charge in [-0.25, -0.2) is 4.79 Å². The van der Waals surface area contributed by atoms with E-state index in [1.807, 2.05) is 4.90 Å². The zero-order valence-corrected chi connectivity index (χ0v) is 17.3. The van der Waals surface area contributed by atoms with Crippen LogP contribution in [0.15, 0.2) is 18.2 Å². The summed E-state index contributed by atoms with van der Waals surface area (Å²) in [6, 6.07) is 7.47. The minimum absolute atomic E-state index is 0.0631. The van der Waals surface area contributed by atoms with Gasteiger partial charge in [0, 0.05) is 45.7 Å². The van der Waals surface area contributed by atoms with E-state index in [0.29, 0.717) is 12.6 Å². The van der Waals surface area contributed by atoms with Crippen molar-refractivity contribution in [2.75, 3.05) is 26.2 Å². The molecule has 0 radical (unpaired) electrons. The zero-order chi connectivity index (χ0) is 19.8. The van der Waals surface area contributed by atoms with Gasteiger partial charge >= 0.3 is 6.03 Å². The minimum Gasteiger partial charge on any atom is -0.341 e. The Bertz CT molecular complexity index is 737. The molecule has 0 bridgehead atoms. The second-order valence-corrected chi connectivity index (χ2v) is 8.79. The summed E-state index contributed by atoms with van der Waals surface area (Å²) in [5.74, 6) is 0.103. The third-order valence-electron chi connectivity index (χ3n) is 6.56. The number of amides is 3. The molecule has 2 atom stereocenters. The maximum atomic E-state index is 12.7. The molecule has 152 valence electrons. The molecule has 0 saturated carbocycles. The average molecular weight is 385 g/mol. The molecular weight excluding hydrogens is 352 g/mol. The fourth-order valence-electron chi connectivity index (χ4n) is 5.29. The summed E-state index contributed by atoms with van der Waals surface area (Å²) in [5, 5.41) is 3.13. The molecule has 4 rings (SSSR count). The number of hydrogen-bond acceptors (Lipinski definition) is 3. The first-order valence-corrected chi connectivity index (χ1v) is 10.5. The van der Waals surface area contributed by atoms with Crippen LogP contribution in [0.25, 0.3) is 0 Å². The highest BCUT2D eigenvalue weighted by Gasteiger charge is 2.46. The maximum absolute atomic E-state index is 12.7. The van der Waals surface area contributed by atoms with Crippen molar-refractivity contribution >= 4 is 11.9 Å². The van der Waals surface area contributed by atoms with E-state index in [2.05, 4.69) is 47.2 Å². The summed E-state index contributed by atoms with van der Waals surface area (Å²) in [5.41, 5.74) is 4.02. The number of rotatable bonds is 3. The van der Waals surface area contributed by atoms with Gasteiger partial charge in [-0.3, -0.25) is 9.69 Å². The quantitative estimate of drug-likeness (QED) is 0.870. The van der Waals surface area contributed by atoms with Crippen molar-refractivity contribution in [3.05, 3.63) is 34.9 Å². The number of urea groups is 1. The van der Waals surface area contributed by atoms with E-state index in [1.54, 1.807) is 6.92 Å². The average Bonchev–Trinajstić information content (AvgIpc) is 2.96. The van der Waals surface area contributed by atoms with Crippen LogP contribution in [0.2, 0.25) is 0 Å². The lowest BCUT2D eigenvalue weighted by Crippen LogP contribution is -2.55. The normalized spacial score (nSPS) is 26.3. The van der Waals surface area contributed by atoms with Crippen molar-refractivity contribution < 1.29 is 9.59 Å². The minimum atomic E-state index is 0.0631. The summed E-state index contributed by atoms with van der Waals surface area (Å²) in [4.78, 5) is 30.8. The van der Waals surface area contributed by atoms with Gasteiger partial charge in [-0.15, -0.1) is 0 Å². The lowest BCUT2D eigenvalue weighted by molar-refractivity contribution is -0.130. The summed E-state index contributed by atoms with van der Waals surface area (Å²) >= 11 is 0. The molecule has 2 unspecified atom stereocenters. The highest BCUT2D eigenvalue weighted by Crippen LogP contribution is 2.29. The number of likely N-dealkylation sites (tertiary alicyclic amines) is 2. The highest BCUT2D eigenvalue weighted by atomic mass is 16.2. The van der Waals surface area contributed by atoms with Crippen molar-refractivity contribution in [3.8, 4) is 0 Å². The number of hydrogen-bond donors (Lipinski definition) is 1. The molecule has 0 aromatic heterocycles. The third-order valence-corrected chi connectivity index (χ3v) is 6.56. The van der Waals surface area contributed by atoms with E-state index >= 15 is 0 Å². The first-order chi connectivity index (χ1) is 13.4. The Balaban J connectivity index is 1.35. The van der Waals surface area contributed by atoms with Gasteiger partial charge in [0.05, 0.1) is 12.1 Å². The van der Waals surface area contributed by atoms with Gasteiger partial charge in [0.2, 0.25) is 5.91 Å². The van der Waals surface area contributed by atoms with Gasteiger partial charge in [-0.2, -0.15) is 0 Å². The second kappa shape index (κ2) is 7.74. The van der Waals surface area contributed by atoms with E-state index in [9.17, 15) is 9.59 Å². The van der Waals surface area contributed by atoms with Gasteiger partial charge in [-0.05, 0) is 38.7 Å². The lowest BCUT2D eigenvalue weighted by atomic mass is 9.95. The van der Waals surface area contributed by atoms with Gasteiger partial charge in [0.1, 0.15) is 0 Å². The van der Waals surface area contributed by atoms with Crippen LogP contribution in [0, 0.1) is 13.8 Å². The molecule has 6 heteroatoms. The van der Waals surface area contributed by atoms with E-state index in [0.717, 1.165) is 45.4 Å². The Kier molecular flexibility index (Phi) is 5.32. The molecule has 1 aromatic carbocycles. The summed E-state index contributed by atoms with van der Waals surface area (Å²) in [6.45, 7) is 10.4. The van der Waals surface area contributed by atoms with Gasteiger partial charge < -0.3 is 15.1 Å². The Morgan fingerprint density at radius 2 is 1.75 bits per heavy atom. The number of aryl methyl sites for hydroxylation is 2. The molecule has 28 heavy (non-hydrogen) atoms. The van der Waals surface area contributed by atoms with Gasteiger partial charge in [-0.1, -0.05) is 29.3 Å². The maximum Gasteiger partial charge on any atom is 0.318 e. The first-order valence-electron chi connectivity index (χ1n) is 10.5. The van der Waals surface area contributed by atoms with Crippen LogP contribution in [-0.2, 0) is 11.3 Å².